The van der Waals surface area contributed by atoms with Gasteiger partial charge in [0.05, 0.1) is 31.7 Å². The number of hydrogen-bond donors (Lipinski definition) is 2. The third-order valence-electron chi connectivity index (χ3n) is 3.94. The summed E-state index contributed by atoms with van der Waals surface area (Å²) in [5, 5.41) is 32.0. The number of rotatable bonds is 5. The summed E-state index contributed by atoms with van der Waals surface area (Å²) >= 11 is 0. The molecule has 7 heteroatoms. The number of methoxy groups -OCH3 is 1. The minimum absolute atomic E-state index is 0.00863. The van der Waals surface area contributed by atoms with Crippen LogP contribution in [0.4, 0.5) is 5.69 Å². The molecule has 1 fully saturated rings. The van der Waals surface area contributed by atoms with E-state index in [2.05, 4.69) is 0 Å². The van der Waals surface area contributed by atoms with Crippen LogP contribution < -0.4 is 14.7 Å². The number of likely N-dealkylation sites (tertiary alicyclic amines) is 1. The van der Waals surface area contributed by atoms with E-state index in [1.54, 1.807) is 6.07 Å². The molecule has 2 atom stereocenters. The molecule has 7 nitrogen and oxygen atoms in total. The molecule has 116 valence electrons. The van der Waals surface area contributed by atoms with E-state index in [0.717, 1.165) is 25.9 Å². The molecular formula is C14H20N2O5. The van der Waals surface area contributed by atoms with E-state index in [1.165, 1.54) is 18.1 Å². The van der Waals surface area contributed by atoms with Gasteiger partial charge in [0.1, 0.15) is 12.3 Å². The van der Waals surface area contributed by atoms with Gasteiger partial charge in [0.25, 0.3) is 5.69 Å². The Balaban J connectivity index is 2.19. The van der Waals surface area contributed by atoms with Crippen LogP contribution in [0, 0.1) is 16.0 Å². The van der Waals surface area contributed by atoms with Crippen molar-refractivity contribution in [3.63, 3.8) is 0 Å². The number of nitrogens with one attached hydrogen (secondary N) is 1. The summed E-state index contributed by atoms with van der Waals surface area (Å²) in [4.78, 5) is 11.5. The van der Waals surface area contributed by atoms with E-state index in [4.69, 9.17) is 4.74 Å². The second-order valence-corrected chi connectivity index (χ2v) is 5.48. The van der Waals surface area contributed by atoms with Crippen molar-refractivity contribution in [3.8, 4) is 11.5 Å². The number of quaternary nitrogens is 1. The van der Waals surface area contributed by atoms with Crippen LogP contribution in [-0.2, 0) is 6.54 Å². The molecule has 1 heterocycles. The molecule has 1 aliphatic heterocycles. The summed E-state index contributed by atoms with van der Waals surface area (Å²) in [7, 11) is 1.33. The van der Waals surface area contributed by atoms with Gasteiger partial charge in [0.2, 0.25) is 0 Å². The van der Waals surface area contributed by atoms with Crippen molar-refractivity contribution in [1.82, 2.24) is 0 Å². The summed E-state index contributed by atoms with van der Waals surface area (Å²) in [6.45, 7) is 2.57. The predicted molar refractivity (Wildman–Crippen MR) is 73.3 cm³/mol. The summed E-state index contributed by atoms with van der Waals surface area (Å²) in [5.74, 6) is -0.396. The molecular weight excluding hydrogens is 276 g/mol. The van der Waals surface area contributed by atoms with Crippen LogP contribution in [0.1, 0.15) is 18.4 Å². The molecule has 2 rings (SSSR count). The van der Waals surface area contributed by atoms with Gasteiger partial charge in [0, 0.05) is 23.3 Å². The SMILES string of the molecule is COc1cc(C[NH+]2CCC[C@@H](CO)C2)cc([N+](=O)[O-])c1[O-]. The molecule has 0 aliphatic carbocycles. The maximum absolute atomic E-state index is 11.8. The van der Waals surface area contributed by atoms with Gasteiger partial charge in [-0.1, -0.05) is 0 Å². The Morgan fingerprint density at radius 2 is 2.29 bits per heavy atom. The highest BCUT2D eigenvalue weighted by atomic mass is 16.6. The maximum atomic E-state index is 11.8. The van der Waals surface area contributed by atoms with Crippen LogP contribution in [0.25, 0.3) is 0 Å². The first kappa shape index (κ1) is 15.5. The fourth-order valence-electron chi connectivity index (χ4n) is 2.89. The number of aliphatic hydroxyl groups excluding tert-OH is 1. The summed E-state index contributed by atoms with van der Waals surface area (Å²) in [5.41, 5.74) is 0.270. The molecule has 1 aromatic rings. The first-order valence-corrected chi connectivity index (χ1v) is 7.02. The minimum Gasteiger partial charge on any atom is -0.865 e. The van der Waals surface area contributed by atoms with Gasteiger partial charge < -0.3 is 19.8 Å². The number of nitrogens with zero attached hydrogens (tertiary/aromatic N) is 1. The van der Waals surface area contributed by atoms with Gasteiger partial charge in [-0.05, 0) is 18.9 Å². The normalized spacial score (nSPS) is 22.0. The zero-order valence-electron chi connectivity index (χ0n) is 12.0. The zero-order valence-corrected chi connectivity index (χ0v) is 12.0. The van der Waals surface area contributed by atoms with Crippen LogP contribution in [0.3, 0.4) is 0 Å². The minimum atomic E-state index is -0.687. The first-order valence-electron chi connectivity index (χ1n) is 7.02. The van der Waals surface area contributed by atoms with Gasteiger partial charge in [-0.25, -0.2) is 0 Å². The largest absolute Gasteiger partial charge is 0.865 e. The molecule has 0 aromatic heterocycles. The van der Waals surface area contributed by atoms with Crippen molar-refractivity contribution in [2.45, 2.75) is 19.4 Å². The second kappa shape index (κ2) is 6.73. The Bertz CT molecular complexity index is 520. The van der Waals surface area contributed by atoms with Crippen LogP contribution >= 0.6 is 0 Å². The molecule has 1 aromatic carbocycles. The predicted octanol–water partition coefficient (Wildman–Crippen LogP) is -0.536. The number of aliphatic hydroxyl groups is 1. The lowest BCUT2D eigenvalue weighted by Crippen LogP contribution is -3.12. The molecule has 0 spiro atoms. The third-order valence-corrected chi connectivity index (χ3v) is 3.94. The van der Waals surface area contributed by atoms with Crippen molar-refractivity contribution in [1.29, 1.82) is 0 Å². The van der Waals surface area contributed by atoms with Crippen LogP contribution in [0.15, 0.2) is 12.1 Å². The topological polar surface area (TPSA) is 100 Å². The van der Waals surface area contributed by atoms with Crippen LogP contribution in [0.5, 0.6) is 11.5 Å². The number of nitro groups is 1. The summed E-state index contributed by atoms with van der Waals surface area (Å²) in [6.07, 6.45) is 2.04. The Morgan fingerprint density at radius 1 is 1.52 bits per heavy atom. The van der Waals surface area contributed by atoms with Crippen molar-refractivity contribution in [3.05, 3.63) is 27.8 Å². The lowest BCUT2D eigenvalue weighted by Gasteiger charge is -2.29. The molecule has 0 saturated carbocycles. The zero-order chi connectivity index (χ0) is 15.4. The van der Waals surface area contributed by atoms with Crippen LogP contribution in [0.2, 0.25) is 0 Å². The fourth-order valence-corrected chi connectivity index (χ4v) is 2.89. The maximum Gasteiger partial charge on any atom is 0.265 e. The van der Waals surface area contributed by atoms with Crippen molar-refractivity contribution >= 4 is 5.69 Å². The highest BCUT2D eigenvalue weighted by Gasteiger charge is 2.23. The van der Waals surface area contributed by atoms with E-state index >= 15 is 0 Å². The fraction of sp³-hybridized carbons (Fsp3) is 0.571. The van der Waals surface area contributed by atoms with E-state index in [0.29, 0.717) is 12.1 Å². The smallest absolute Gasteiger partial charge is 0.265 e. The number of hydrogen-bond acceptors (Lipinski definition) is 5. The first-order chi connectivity index (χ1) is 10.0. The number of piperidine rings is 1. The average Bonchev–Trinajstić information content (AvgIpc) is 2.48. The Morgan fingerprint density at radius 3 is 2.90 bits per heavy atom. The standard InChI is InChI=1S/C14H20N2O5/c1-21-13-6-11(5-12(14(13)18)16(19)20)8-15-4-2-3-10(7-15)9-17/h5-6,10,17-18H,2-4,7-9H2,1H3/t10-/m1/s1. The van der Waals surface area contributed by atoms with Crippen LogP contribution in [-0.4, -0.2) is 36.8 Å². The number of benzene rings is 1. The number of nitro benzene ring substituents is 1. The van der Waals surface area contributed by atoms with E-state index < -0.39 is 16.4 Å². The van der Waals surface area contributed by atoms with Gasteiger partial charge in [-0.3, -0.25) is 10.1 Å². The molecule has 1 aliphatic rings. The molecule has 1 saturated heterocycles. The van der Waals surface area contributed by atoms with Crippen molar-refractivity contribution in [2.75, 3.05) is 26.8 Å². The molecule has 0 bridgehead atoms. The van der Waals surface area contributed by atoms with Crippen molar-refractivity contribution < 1.29 is 24.8 Å². The summed E-state index contributed by atoms with van der Waals surface area (Å²) in [6, 6.07) is 2.91. The van der Waals surface area contributed by atoms with Gasteiger partial charge in [0.15, 0.2) is 0 Å². The lowest BCUT2D eigenvalue weighted by molar-refractivity contribution is -0.922. The summed E-state index contributed by atoms with van der Waals surface area (Å²) < 4.78 is 4.94. The van der Waals surface area contributed by atoms with Gasteiger partial charge >= 0.3 is 0 Å². The molecule has 21 heavy (non-hydrogen) atoms. The third kappa shape index (κ3) is 3.62. The second-order valence-electron chi connectivity index (χ2n) is 5.48. The highest BCUT2D eigenvalue weighted by molar-refractivity contribution is 5.56. The average molecular weight is 296 g/mol. The van der Waals surface area contributed by atoms with E-state index in [1.807, 2.05) is 0 Å². The van der Waals surface area contributed by atoms with Gasteiger partial charge in [-0.2, -0.15) is 0 Å². The Labute approximate surface area is 122 Å². The monoisotopic (exact) mass is 296 g/mol. The molecule has 2 N–H and O–H groups in total. The molecule has 0 radical (unpaired) electrons. The quantitative estimate of drug-likeness (QED) is 0.562. The Kier molecular flexibility index (Phi) is 4.98. The van der Waals surface area contributed by atoms with Gasteiger partial charge in [-0.15, -0.1) is 0 Å². The number of ether oxygens (including phenoxy) is 1. The molecule has 0 amide bonds. The highest BCUT2D eigenvalue weighted by Crippen LogP contribution is 2.34. The Hall–Kier alpha value is -1.86. The molecule has 1 unspecified atom stereocenters. The van der Waals surface area contributed by atoms with E-state index in [-0.39, 0.29) is 18.3 Å². The van der Waals surface area contributed by atoms with Crippen molar-refractivity contribution in [2.24, 2.45) is 5.92 Å². The lowest BCUT2D eigenvalue weighted by atomic mass is 9.98. The van der Waals surface area contributed by atoms with E-state index in [9.17, 15) is 20.3 Å².